The number of likely N-dealkylation sites (N-methyl/N-ethyl adjacent to an activating group) is 1. The van der Waals surface area contributed by atoms with Crippen molar-refractivity contribution in [3.8, 4) is 5.75 Å². The highest BCUT2D eigenvalue weighted by atomic mass is 16.3. The number of phenolic OH excluding ortho intramolecular Hbond substituents is 1. The second-order valence-corrected chi connectivity index (χ2v) is 4.61. The van der Waals surface area contributed by atoms with Crippen molar-refractivity contribution in [1.82, 2.24) is 5.32 Å². The number of phenols is 1. The SMILES string of the molecule is CCNC(C)(C)C(=O)Nc1ccc(O)cc1C. The van der Waals surface area contributed by atoms with Gasteiger partial charge in [-0.2, -0.15) is 0 Å². The molecule has 0 aliphatic heterocycles. The topological polar surface area (TPSA) is 61.4 Å². The zero-order valence-electron chi connectivity index (χ0n) is 10.8. The van der Waals surface area contributed by atoms with E-state index in [4.69, 9.17) is 0 Å². The van der Waals surface area contributed by atoms with Gasteiger partial charge in [-0.05, 0) is 51.1 Å². The van der Waals surface area contributed by atoms with Crippen molar-refractivity contribution in [3.63, 3.8) is 0 Å². The lowest BCUT2D eigenvalue weighted by Crippen LogP contribution is -2.49. The summed E-state index contributed by atoms with van der Waals surface area (Å²) in [6.07, 6.45) is 0. The second-order valence-electron chi connectivity index (χ2n) is 4.61. The Kier molecular flexibility index (Phi) is 4.12. The molecule has 0 aliphatic rings. The van der Waals surface area contributed by atoms with Crippen LogP contribution in [0.2, 0.25) is 0 Å². The Morgan fingerprint density at radius 3 is 2.59 bits per heavy atom. The molecule has 0 fully saturated rings. The highest BCUT2D eigenvalue weighted by molar-refractivity contribution is 5.98. The molecule has 0 atom stereocenters. The van der Waals surface area contributed by atoms with Crippen molar-refractivity contribution in [3.05, 3.63) is 23.8 Å². The third kappa shape index (κ3) is 3.46. The fraction of sp³-hybridized carbons (Fsp3) is 0.462. The molecule has 0 spiro atoms. The highest BCUT2D eigenvalue weighted by Gasteiger charge is 2.26. The zero-order chi connectivity index (χ0) is 13.1. The Balaban J connectivity index is 2.81. The van der Waals surface area contributed by atoms with Crippen molar-refractivity contribution in [2.75, 3.05) is 11.9 Å². The van der Waals surface area contributed by atoms with Crippen LogP contribution in [-0.2, 0) is 4.79 Å². The first kappa shape index (κ1) is 13.5. The van der Waals surface area contributed by atoms with Crippen LogP contribution in [0.25, 0.3) is 0 Å². The van der Waals surface area contributed by atoms with E-state index in [9.17, 15) is 9.90 Å². The predicted octanol–water partition coefficient (Wildman–Crippen LogP) is 2.03. The van der Waals surface area contributed by atoms with E-state index in [1.807, 2.05) is 27.7 Å². The van der Waals surface area contributed by atoms with Gasteiger partial charge in [0.25, 0.3) is 0 Å². The van der Waals surface area contributed by atoms with Crippen LogP contribution in [0, 0.1) is 6.92 Å². The first-order valence-corrected chi connectivity index (χ1v) is 5.73. The number of rotatable bonds is 4. The molecule has 1 aromatic carbocycles. The lowest BCUT2D eigenvalue weighted by atomic mass is 10.0. The molecule has 4 nitrogen and oxygen atoms in total. The number of benzene rings is 1. The van der Waals surface area contributed by atoms with Crippen LogP contribution >= 0.6 is 0 Å². The van der Waals surface area contributed by atoms with Crippen LogP contribution in [0.3, 0.4) is 0 Å². The van der Waals surface area contributed by atoms with Gasteiger partial charge in [0, 0.05) is 5.69 Å². The van der Waals surface area contributed by atoms with Crippen molar-refractivity contribution in [2.24, 2.45) is 0 Å². The number of hydrogen-bond donors (Lipinski definition) is 3. The molecule has 0 saturated heterocycles. The molecule has 1 aromatic rings. The summed E-state index contributed by atoms with van der Waals surface area (Å²) in [6, 6.07) is 4.88. The van der Waals surface area contributed by atoms with E-state index in [1.54, 1.807) is 18.2 Å². The standard InChI is InChI=1S/C13H20N2O2/c1-5-14-13(3,4)12(17)15-11-7-6-10(16)8-9(11)2/h6-8,14,16H,5H2,1-4H3,(H,15,17). The molecule has 4 heteroatoms. The summed E-state index contributed by atoms with van der Waals surface area (Å²) in [6.45, 7) is 8.20. The molecule has 1 rings (SSSR count). The molecule has 0 bridgehead atoms. The minimum Gasteiger partial charge on any atom is -0.508 e. The van der Waals surface area contributed by atoms with E-state index in [1.165, 1.54) is 0 Å². The fourth-order valence-corrected chi connectivity index (χ4v) is 1.59. The second kappa shape index (κ2) is 5.19. The Morgan fingerprint density at radius 2 is 2.06 bits per heavy atom. The Morgan fingerprint density at radius 1 is 1.41 bits per heavy atom. The fourth-order valence-electron chi connectivity index (χ4n) is 1.59. The van der Waals surface area contributed by atoms with Gasteiger partial charge in [0.1, 0.15) is 5.75 Å². The number of aryl methyl sites for hydroxylation is 1. The summed E-state index contributed by atoms with van der Waals surface area (Å²) >= 11 is 0. The number of carbonyl (C=O) groups is 1. The summed E-state index contributed by atoms with van der Waals surface area (Å²) in [5, 5.41) is 15.3. The average molecular weight is 236 g/mol. The first-order valence-electron chi connectivity index (χ1n) is 5.73. The van der Waals surface area contributed by atoms with Crippen LogP contribution in [0.5, 0.6) is 5.75 Å². The van der Waals surface area contributed by atoms with Gasteiger partial charge in [-0.25, -0.2) is 0 Å². The molecule has 94 valence electrons. The van der Waals surface area contributed by atoms with E-state index < -0.39 is 5.54 Å². The van der Waals surface area contributed by atoms with E-state index in [0.717, 1.165) is 17.8 Å². The maximum absolute atomic E-state index is 12.0. The van der Waals surface area contributed by atoms with Crippen molar-refractivity contribution in [2.45, 2.75) is 33.2 Å². The van der Waals surface area contributed by atoms with E-state index in [-0.39, 0.29) is 11.7 Å². The van der Waals surface area contributed by atoms with Gasteiger partial charge in [-0.15, -0.1) is 0 Å². The Labute approximate surface area is 102 Å². The van der Waals surface area contributed by atoms with E-state index in [2.05, 4.69) is 10.6 Å². The van der Waals surface area contributed by atoms with Crippen LogP contribution in [0.15, 0.2) is 18.2 Å². The number of nitrogens with one attached hydrogen (secondary N) is 2. The van der Waals surface area contributed by atoms with Crippen LogP contribution in [0.1, 0.15) is 26.3 Å². The zero-order valence-corrected chi connectivity index (χ0v) is 10.8. The molecule has 1 amide bonds. The molecule has 0 heterocycles. The molecular weight excluding hydrogens is 216 g/mol. The third-order valence-electron chi connectivity index (χ3n) is 2.64. The minimum atomic E-state index is -0.612. The van der Waals surface area contributed by atoms with Gasteiger partial charge >= 0.3 is 0 Å². The maximum Gasteiger partial charge on any atom is 0.244 e. The number of aromatic hydroxyl groups is 1. The van der Waals surface area contributed by atoms with Crippen LogP contribution < -0.4 is 10.6 Å². The monoisotopic (exact) mass is 236 g/mol. The summed E-state index contributed by atoms with van der Waals surface area (Å²) in [4.78, 5) is 12.0. The van der Waals surface area contributed by atoms with E-state index >= 15 is 0 Å². The molecule has 17 heavy (non-hydrogen) atoms. The van der Waals surface area contributed by atoms with Gasteiger partial charge in [0.2, 0.25) is 5.91 Å². The van der Waals surface area contributed by atoms with Gasteiger partial charge < -0.3 is 15.7 Å². The van der Waals surface area contributed by atoms with Crippen molar-refractivity contribution >= 4 is 11.6 Å². The van der Waals surface area contributed by atoms with Crippen LogP contribution in [0.4, 0.5) is 5.69 Å². The van der Waals surface area contributed by atoms with Gasteiger partial charge in [-0.3, -0.25) is 4.79 Å². The third-order valence-corrected chi connectivity index (χ3v) is 2.64. The summed E-state index contributed by atoms with van der Waals surface area (Å²) in [5.41, 5.74) is 0.948. The van der Waals surface area contributed by atoms with Gasteiger partial charge in [0.15, 0.2) is 0 Å². The summed E-state index contributed by atoms with van der Waals surface area (Å²) in [5.74, 6) is 0.111. The number of carbonyl (C=O) groups excluding carboxylic acids is 1. The first-order chi connectivity index (χ1) is 7.86. The van der Waals surface area contributed by atoms with Crippen molar-refractivity contribution < 1.29 is 9.90 Å². The smallest absolute Gasteiger partial charge is 0.244 e. The van der Waals surface area contributed by atoms with Crippen molar-refractivity contribution in [1.29, 1.82) is 0 Å². The summed E-state index contributed by atoms with van der Waals surface area (Å²) in [7, 11) is 0. The number of anilines is 1. The molecule has 0 radical (unpaired) electrons. The largest absolute Gasteiger partial charge is 0.508 e. The maximum atomic E-state index is 12.0. The average Bonchev–Trinajstić information content (AvgIpc) is 2.22. The Hall–Kier alpha value is -1.55. The number of amides is 1. The van der Waals surface area contributed by atoms with Gasteiger partial charge in [-0.1, -0.05) is 6.92 Å². The minimum absolute atomic E-state index is 0.0897. The van der Waals surface area contributed by atoms with E-state index in [0.29, 0.717) is 0 Å². The summed E-state index contributed by atoms with van der Waals surface area (Å²) < 4.78 is 0. The normalized spacial score (nSPS) is 11.3. The lowest BCUT2D eigenvalue weighted by molar-refractivity contribution is -0.121. The number of hydrogen-bond acceptors (Lipinski definition) is 3. The lowest BCUT2D eigenvalue weighted by Gasteiger charge is -2.24. The molecule has 0 saturated carbocycles. The molecule has 3 N–H and O–H groups in total. The van der Waals surface area contributed by atoms with Crippen LogP contribution in [-0.4, -0.2) is 23.1 Å². The highest BCUT2D eigenvalue weighted by Crippen LogP contribution is 2.21. The molecule has 0 unspecified atom stereocenters. The molecule has 0 aliphatic carbocycles. The molecular formula is C13H20N2O2. The Bertz CT molecular complexity index is 414. The predicted molar refractivity (Wildman–Crippen MR) is 69.2 cm³/mol. The quantitative estimate of drug-likeness (QED) is 0.701. The van der Waals surface area contributed by atoms with Gasteiger partial charge in [0.05, 0.1) is 5.54 Å². The molecule has 0 aromatic heterocycles.